The van der Waals surface area contributed by atoms with Crippen LogP contribution in [0.2, 0.25) is 0 Å². The number of carbonyl (C=O) groups is 1. The van der Waals surface area contributed by atoms with E-state index in [0.29, 0.717) is 12.1 Å². The van der Waals surface area contributed by atoms with Crippen molar-refractivity contribution in [3.63, 3.8) is 0 Å². The van der Waals surface area contributed by atoms with Crippen molar-refractivity contribution in [2.45, 2.75) is 44.2 Å². The molecule has 0 aromatic heterocycles. The summed E-state index contributed by atoms with van der Waals surface area (Å²) in [7, 11) is 1.71. The molecular weight excluding hydrogens is 204 g/mol. The van der Waals surface area contributed by atoms with Gasteiger partial charge in [-0.3, -0.25) is 4.79 Å². The van der Waals surface area contributed by atoms with Crippen LogP contribution in [-0.2, 0) is 9.53 Å². The molecule has 2 aliphatic heterocycles. The van der Waals surface area contributed by atoms with E-state index in [9.17, 15) is 4.79 Å². The SMILES string of the molecule is COCCCCNC(=O)C1CC2CCC1N2. The number of nitrogens with one attached hydrogen (secondary N) is 2. The fourth-order valence-electron chi connectivity index (χ4n) is 2.83. The Bertz CT molecular complexity index is 245. The predicted octanol–water partition coefficient (Wildman–Crippen LogP) is 0.670. The molecule has 0 saturated carbocycles. The summed E-state index contributed by atoms with van der Waals surface area (Å²) in [5.74, 6) is 0.471. The highest BCUT2D eigenvalue weighted by molar-refractivity contribution is 5.80. The van der Waals surface area contributed by atoms with E-state index in [1.165, 1.54) is 12.8 Å². The Kier molecular flexibility index (Phi) is 4.18. The van der Waals surface area contributed by atoms with E-state index in [1.54, 1.807) is 7.11 Å². The molecule has 2 bridgehead atoms. The molecule has 92 valence electrons. The molecule has 16 heavy (non-hydrogen) atoms. The Hall–Kier alpha value is -0.610. The monoisotopic (exact) mass is 226 g/mol. The fourth-order valence-corrected chi connectivity index (χ4v) is 2.83. The van der Waals surface area contributed by atoms with Crippen LogP contribution < -0.4 is 10.6 Å². The van der Waals surface area contributed by atoms with Gasteiger partial charge in [-0.25, -0.2) is 0 Å². The van der Waals surface area contributed by atoms with Gasteiger partial charge in [-0.2, -0.15) is 0 Å². The number of amides is 1. The summed E-state index contributed by atoms with van der Waals surface area (Å²) in [6.07, 6.45) is 5.49. The van der Waals surface area contributed by atoms with Gasteiger partial charge in [-0.15, -0.1) is 0 Å². The predicted molar refractivity (Wildman–Crippen MR) is 62.2 cm³/mol. The molecule has 0 radical (unpaired) electrons. The average Bonchev–Trinajstić information content (AvgIpc) is 2.90. The van der Waals surface area contributed by atoms with E-state index in [-0.39, 0.29) is 11.8 Å². The van der Waals surface area contributed by atoms with Gasteiger partial charge in [0.2, 0.25) is 5.91 Å². The van der Waals surface area contributed by atoms with Crippen molar-refractivity contribution >= 4 is 5.91 Å². The van der Waals surface area contributed by atoms with Crippen molar-refractivity contribution in [3.8, 4) is 0 Å². The molecule has 4 heteroatoms. The van der Waals surface area contributed by atoms with Crippen LogP contribution >= 0.6 is 0 Å². The van der Waals surface area contributed by atoms with Crippen LogP contribution in [0.1, 0.15) is 32.1 Å². The second kappa shape index (κ2) is 5.64. The lowest BCUT2D eigenvalue weighted by atomic mass is 9.88. The van der Waals surface area contributed by atoms with E-state index in [2.05, 4.69) is 10.6 Å². The Morgan fingerprint density at radius 2 is 2.31 bits per heavy atom. The summed E-state index contributed by atoms with van der Waals surface area (Å²) in [5, 5.41) is 6.52. The molecule has 4 nitrogen and oxygen atoms in total. The summed E-state index contributed by atoms with van der Waals surface area (Å²) in [6, 6.07) is 1.05. The average molecular weight is 226 g/mol. The van der Waals surface area contributed by atoms with Crippen LogP contribution in [0.5, 0.6) is 0 Å². The number of ether oxygens (including phenoxy) is 1. The van der Waals surface area contributed by atoms with Gasteiger partial charge in [0.25, 0.3) is 0 Å². The highest BCUT2D eigenvalue weighted by atomic mass is 16.5. The van der Waals surface area contributed by atoms with E-state index in [4.69, 9.17) is 4.74 Å². The minimum atomic E-state index is 0.223. The van der Waals surface area contributed by atoms with Crippen molar-refractivity contribution < 1.29 is 9.53 Å². The Morgan fingerprint density at radius 1 is 1.44 bits per heavy atom. The molecule has 0 aromatic carbocycles. The molecule has 2 fully saturated rings. The first kappa shape index (κ1) is 11.9. The zero-order valence-electron chi connectivity index (χ0n) is 10.00. The highest BCUT2D eigenvalue weighted by Crippen LogP contribution is 2.33. The lowest BCUT2D eigenvalue weighted by molar-refractivity contribution is -0.125. The lowest BCUT2D eigenvalue weighted by Gasteiger charge is -2.19. The van der Waals surface area contributed by atoms with Crippen LogP contribution in [0, 0.1) is 5.92 Å². The van der Waals surface area contributed by atoms with Gasteiger partial charge in [0, 0.05) is 32.3 Å². The third kappa shape index (κ3) is 2.74. The van der Waals surface area contributed by atoms with Crippen LogP contribution in [-0.4, -0.2) is 38.3 Å². The second-order valence-electron chi connectivity index (χ2n) is 4.88. The maximum atomic E-state index is 11.9. The number of rotatable bonds is 6. The Balaban J connectivity index is 1.61. The smallest absolute Gasteiger partial charge is 0.224 e. The number of hydrogen-bond acceptors (Lipinski definition) is 3. The molecule has 3 unspecified atom stereocenters. The summed E-state index contributed by atoms with van der Waals surface area (Å²) >= 11 is 0. The van der Waals surface area contributed by atoms with E-state index in [0.717, 1.165) is 32.4 Å². The molecule has 0 aliphatic carbocycles. The molecule has 0 aromatic rings. The zero-order chi connectivity index (χ0) is 11.4. The van der Waals surface area contributed by atoms with Crippen molar-refractivity contribution in [2.24, 2.45) is 5.92 Å². The quantitative estimate of drug-likeness (QED) is 0.655. The van der Waals surface area contributed by atoms with Crippen molar-refractivity contribution in [2.75, 3.05) is 20.3 Å². The van der Waals surface area contributed by atoms with Crippen LogP contribution in [0.25, 0.3) is 0 Å². The van der Waals surface area contributed by atoms with Gasteiger partial charge in [0.15, 0.2) is 0 Å². The topological polar surface area (TPSA) is 50.4 Å². The van der Waals surface area contributed by atoms with E-state index < -0.39 is 0 Å². The van der Waals surface area contributed by atoms with Gasteiger partial charge in [-0.1, -0.05) is 0 Å². The number of methoxy groups -OCH3 is 1. The maximum absolute atomic E-state index is 11.9. The largest absolute Gasteiger partial charge is 0.385 e. The Labute approximate surface area is 97.1 Å². The second-order valence-corrected chi connectivity index (χ2v) is 4.88. The summed E-state index contributed by atoms with van der Waals surface area (Å²) in [4.78, 5) is 11.9. The lowest BCUT2D eigenvalue weighted by Crippen LogP contribution is -2.37. The maximum Gasteiger partial charge on any atom is 0.224 e. The van der Waals surface area contributed by atoms with Gasteiger partial charge >= 0.3 is 0 Å². The van der Waals surface area contributed by atoms with E-state index >= 15 is 0 Å². The number of unbranched alkanes of at least 4 members (excludes halogenated alkanes) is 1. The normalized spacial score (nSPS) is 31.9. The molecule has 1 amide bonds. The first-order valence-electron chi connectivity index (χ1n) is 6.34. The zero-order valence-corrected chi connectivity index (χ0v) is 10.00. The van der Waals surface area contributed by atoms with Crippen molar-refractivity contribution in [3.05, 3.63) is 0 Å². The standard InChI is InChI=1S/C12H22N2O2/c1-16-7-3-2-6-13-12(15)10-8-9-4-5-11(10)14-9/h9-11,14H,2-8H2,1H3,(H,13,15). The van der Waals surface area contributed by atoms with Crippen molar-refractivity contribution in [1.29, 1.82) is 0 Å². The molecule has 2 rings (SSSR count). The third-order valence-electron chi connectivity index (χ3n) is 3.71. The van der Waals surface area contributed by atoms with Crippen molar-refractivity contribution in [1.82, 2.24) is 10.6 Å². The molecule has 0 spiro atoms. The molecule has 3 atom stereocenters. The van der Waals surface area contributed by atoms with E-state index in [1.807, 2.05) is 0 Å². The van der Waals surface area contributed by atoms with Crippen LogP contribution in [0.3, 0.4) is 0 Å². The first-order valence-corrected chi connectivity index (χ1v) is 6.34. The molecule has 2 saturated heterocycles. The number of fused-ring (bicyclic) bond motifs is 2. The highest BCUT2D eigenvalue weighted by Gasteiger charge is 2.42. The first-order chi connectivity index (χ1) is 7.81. The summed E-state index contributed by atoms with van der Waals surface area (Å²) in [6.45, 7) is 1.57. The van der Waals surface area contributed by atoms with Crippen LogP contribution in [0.15, 0.2) is 0 Å². The fraction of sp³-hybridized carbons (Fsp3) is 0.917. The Morgan fingerprint density at radius 3 is 2.94 bits per heavy atom. The minimum Gasteiger partial charge on any atom is -0.385 e. The molecular formula is C12H22N2O2. The molecule has 2 aliphatic rings. The van der Waals surface area contributed by atoms with Gasteiger partial charge in [0.05, 0.1) is 5.92 Å². The number of carbonyl (C=O) groups excluding carboxylic acids is 1. The van der Waals surface area contributed by atoms with Gasteiger partial charge < -0.3 is 15.4 Å². The number of hydrogen-bond donors (Lipinski definition) is 2. The van der Waals surface area contributed by atoms with Gasteiger partial charge in [-0.05, 0) is 32.1 Å². The summed E-state index contributed by atoms with van der Waals surface area (Å²) < 4.78 is 4.97. The summed E-state index contributed by atoms with van der Waals surface area (Å²) in [5.41, 5.74) is 0. The molecule has 2 heterocycles. The minimum absolute atomic E-state index is 0.223. The third-order valence-corrected chi connectivity index (χ3v) is 3.71. The molecule has 2 N–H and O–H groups in total. The van der Waals surface area contributed by atoms with Crippen LogP contribution in [0.4, 0.5) is 0 Å². The van der Waals surface area contributed by atoms with Gasteiger partial charge in [0.1, 0.15) is 0 Å².